The van der Waals surface area contributed by atoms with E-state index in [0.717, 1.165) is 41.9 Å². The van der Waals surface area contributed by atoms with E-state index < -0.39 is 0 Å². The van der Waals surface area contributed by atoms with Gasteiger partial charge in [0.15, 0.2) is 0 Å². The van der Waals surface area contributed by atoms with Crippen LogP contribution < -0.4 is 4.90 Å². The van der Waals surface area contributed by atoms with Gasteiger partial charge in [0.2, 0.25) is 0 Å². The summed E-state index contributed by atoms with van der Waals surface area (Å²) in [6, 6.07) is 12.9. The Kier molecular flexibility index (Phi) is 3.45. The molecule has 20 heavy (non-hydrogen) atoms. The molecule has 0 amide bonds. The molecule has 1 aliphatic rings. The predicted molar refractivity (Wildman–Crippen MR) is 78.2 cm³/mol. The quantitative estimate of drug-likeness (QED) is 0.902. The number of halogens is 1. The lowest BCUT2D eigenvalue weighted by Crippen LogP contribution is -2.30. The Bertz CT molecular complexity index is 626. The zero-order valence-electron chi connectivity index (χ0n) is 11.5. The zero-order chi connectivity index (χ0) is 14.1. The molecule has 1 unspecified atom stereocenters. The van der Waals surface area contributed by atoms with Gasteiger partial charge in [0.1, 0.15) is 5.82 Å². The van der Waals surface area contributed by atoms with E-state index in [4.69, 9.17) is 0 Å². The molecule has 2 aromatic carbocycles. The third-order valence-electron chi connectivity index (χ3n) is 3.97. The van der Waals surface area contributed by atoms with Crippen LogP contribution in [-0.4, -0.2) is 11.7 Å². The van der Waals surface area contributed by atoms with Crippen molar-refractivity contribution in [3.63, 3.8) is 0 Å². The number of benzene rings is 2. The van der Waals surface area contributed by atoms with Gasteiger partial charge >= 0.3 is 0 Å². The number of hydrogen-bond donors (Lipinski definition) is 1. The number of rotatable bonds is 2. The van der Waals surface area contributed by atoms with Crippen LogP contribution in [0.1, 0.15) is 29.2 Å². The smallest absolute Gasteiger partial charge is 0.123 e. The highest BCUT2D eigenvalue weighted by Crippen LogP contribution is 2.34. The second-order valence-corrected chi connectivity index (χ2v) is 5.36. The second-order valence-electron chi connectivity index (χ2n) is 5.36. The van der Waals surface area contributed by atoms with Gasteiger partial charge in [-0.1, -0.05) is 24.3 Å². The number of nitrogens with zero attached hydrogens (tertiary/aromatic N) is 1. The van der Waals surface area contributed by atoms with E-state index in [1.165, 1.54) is 6.07 Å². The maximum atomic E-state index is 13.2. The minimum absolute atomic E-state index is 0.194. The topological polar surface area (TPSA) is 23.5 Å². The van der Waals surface area contributed by atoms with Gasteiger partial charge in [-0.05, 0) is 42.7 Å². The van der Waals surface area contributed by atoms with Crippen LogP contribution in [0.5, 0.6) is 0 Å². The van der Waals surface area contributed by atoms with Crippen LogP contribution in [0.3, 0.4) is 0 Å². The normalized spacial score (nSPS) is 17.9. The predicted octanol–water partition coefficient (Wildman–Crippen LogP) is 3.58. The van der Waals surface area contributed by atoms with Gasteiger partial charge in [-0.25, -0.2) is 4.39 Å². The van der Waals surface area contributed by atoms with E-state index in [1.54, 1.807) is 6.07 Å². The van der Waals surface area contributed by atoms with Crippen molar-refractivity contribution in [2.75, 3.05) is 11.4 Å². The molecule has 3 heteroatoms. The van der Waals surface area contributed by atoms with Crippen molar-refractivity contribution < 1.29 is 9.50 Å². The third kappa shape index (κ3) is 2.41. The van der Waals surface area contributed by atoms with Gasteiger partial charge in [0, 0.05) is 24.3 Å². The van der Waals surface area contributed by atoms with Crippen LogP contribution >= 0.6 is 0 Å². The van der Waals surface area contributed by atoms with Gasteiger partial charge in [-0.2, -0.15) is 0 Å². The highest BCUT2D eigenvalue weighted by atomic mass is 19.1. The molecule has 0 bridgehead atoms. The van der Waals surface area contributed by atoms with Crippen molar-refractivity contribution >= 4 is 5.69 Å². The minimum atomic E-state index is -0.378. The van der Waals surface area contributed by atoms with Crippen molar-refractivity contribution in [2.24, 2.45) is 0 Å². The summed E-state index contributed by atoms with van der Waals surface area (Å²) in [6.45, 7) is 3.49. The molecule has 0 saturated heterocycles. The molecule has 1 aliphatic heterocycles. The molecular weight excluding hydrogens is 253 g/mol. The Hall–Kier alpha value is -1.87. The summed E-state index contributed by atoms with van der Waals surface area (Å²) in [7, 11) is 0. The molecule has 1 N–H and O–H groups in total. The number of aliphatic hydroxyl groups excluding tert-OH is 1. The molecule has 0 aromatic heterocycles. The summed E-state index contributed by atoms with van der Waals surface area (Å²) >= 11 is 0. The van der Waals surface area contributed by atoms with Gasteiger partial charge in [-0.3, -0.25) is 0 Å². The first-order valence-corrected chi connectivity index (χ1v) is 6.92. The van der Waals surface area contributed by atoms with E-state index in [-0.39, 0.29) is 11.9 Å². The van der Waals surface area contributed by atoms with E-state index >= 15 is 0 Å². The molecule has 2 aromatic rings. The van der Waals surface area contributed by atoms with E-state index in [1.807, 2.05) is 37.3 Å². The van der Waals surface area contributed by atoms with Crippen LogP contribution in [0.15, 0.2) is 42.5 Å². The number of hydrogen-bond acceptors (Lipinski definition) is 2. The lowest BCUT2D eigenvalue weighted by molar-refractivity contribution is 0.164. The summed E-state index contributed by atoms with van der Waals surface area (Å²) in [4.78, 5) is 2.25. The molecular formula is C17H18FNO. The Morgan fingerprint density at radius 2 is 2.05 bits per heavy atom. The summed E-state index contributed by atoms with van der Waals surface area (Å²) in [5.74, 6) is -0.194. The first kappa shape index (κ1) is 13.1. The third-order valence-corrected chi connectivity index (χ3v) is 3.97. The number of aryl methyl sites for hydroxylation is 1. The lowest BCUT2D eigenvalue weighted by Gasteiger charge is -2.34. The highest BCUT2D eigenvalue weighted by Gasteiger charge is 2.23. The highest BCUT2D eigenvalue weighted by molar-refractivity contribution is 5.57. The first-order valence-electron chi connectivity index (χ1n) is 6.92. The second kappa shape index (κ2) is 5.25. The zero-order valence-corrected chi connectivity index (χ0v) is 11.5. The van der Waals surface area contributed by atoms with Gasteiger partial charge < -0.3 is 10.0 Å². The van der Waals surface area contributed by atoms with Crippen molar-refractivity contribution in [1.82, 2.24) is 0 Å². The van der Waals surface area contributed by atoms with Crippen LogP contribution in [0.25, 0.3) is 0 Å². The van der Waals surface area contributed by atoms with Gasteiger partial charge in [0.05, 0.1) is 6.10 Å². The van der Waals surface area contributed by atoms with Crippen molar-refractivity contribution in [3.8, 4) is 0 Å². The maximum absolute atomic E-state index is 13.2. The Morgan fingerprint density at radius 3 is 2.85 bits per heavy atom. The van der Waals surface area contributed by atoms with E-state index in [2.05, 4.69) is 4.90 Å². The molecule has 0 spiro atoms. The number of anilines is 1. The molecule has 104 valence electrons. The van der Waals surface area contributed by atoms with Crippen LogP contribution in [0.2, 0.25) is 0 Å². The monoisotopic (exact) mass is 271 g/mol. The summed E-state index contributed by atoms with van der Waals surface area (Å²) in [5, 5.41) is 10.1. The molecule has 1 atom stereocenters. The molecule has 0 aliphatic carbocycles. The number of para-hydroxylation sites is 1. The Morgan fingerprint density at radius 1 is 1.25 bits per heavy atom. The fraction of sp³-hybridized carbons (Fsp3) is 0.294. The summed E-state index contributed by atoms with van der Waals surface area (Å²) in [6.07, 6.45) is 0.355. The van der Waals surface area contributed by atoms with Crippen molar-refractivity contribution in [3.05, 3.63) is 65.0 Å². The number of fused-ring (bicyclic) bond motifs is 1. The summed E-state index contributed by atoms with van der Waals surface area (Å²) in [5.41, 5.74) is 4.15. The average Bonchev–Trinajstić information content (AvgIpc) is 2.45. The van der Waals surface area contributed by atoms with Gasteiger partial charge in [-0.15, -0.1) is 0 Å². The van der Waals surface area contributed by atoms with E-state index in [9.17, 15) is 9.50 Å². The molecule has 1 heterocycles. The maximum Gasteiger partial charge on any atom is 0.123 e. The summed E-state index contributed by atoms with van der Waals surface area (Å²) < 4.78 is 13.2. The average molecular weight is 271 g/mol. The largest absolute Gasteiger partial charge is 0.388 e. The van der Waals surface area contributed by atoms with Crippen LogP contribution in [0.4, 0.5) is 10.1 Å². The SMILES string of the molecule is Cc1cc(F)ccc1CN1CCC(O)c2ccccc21. The van der Waals surface area contributed by atoms with Crippen LogP contribution in [0, 0.1) is 12.7 Å². The first-order chi connectivity index (χ1) is 9.65. The molecule has 0 saturated carbocycles. The van der Waals surface area contributed by atoms with Crippen LogP contribution in [-0.2, 0) is 6.54 Å². The molecule has 2 nitrogen and oxygen atoms in total. The van der Waals surface area contributed by atoms with E-state index in [0.29, 0.717) is 0 Å². The van der Waals surface area contributed by atoms with Crippen molar-refractivity contribution in [1.29, 1.82) is 0 Å². The number of aliphatic hydroxyl groups is 1. The fourth-order valence-electron chi connectivity index (χ4n) is 2.82. The molecule has 3 rings (SSSR count). The Balaban J connectivity index is 1.90. The fourth-order valence-corrected chi connectivity index (χ4v) is 2.82. The molecule has 0 fully saturated rings. The van der Waals surface area contributed by atoms with Gasteiger partial charge in [0.25, 0.3) is 0 Å². The molecule has 0 radical (unpaired) electrons. The lowest BCUT2D eigenvalue weighted by atomic mass is 9.98. The minimum Gasteiger partial charge on any atom is -0.388 e. The Labute approximate surface area is 118 Å². The standard InChI is InChI=1S/C17H18FNO/c1-12-10-14(18)7-6-13(12)11-19-9-8-17(20)15-4-2-3-5-16(15)19/h2-7,10,17,20H,8-9,11H2,1H3. The van der Waals surface area contributed by atoms with Crippen molar-refractivity contribution in [2.45, 2.75) is 26.0 Å².